The van der Waals surface area contributed by atoms with E-state index in [1.165, 1.54) is 12.7 Å². The normalized spacial score (nSPS) is 22.2. The van der Waals surface area contributed by atoms with Crippen molar-refractivity contribution in [2.75, 3.05) is 26.3 Å². The molecule has 1 atom stereocenters. The van der Waals surface area contributed by atoms with E-state index < -0.39 is 0 Å². The number of hydrogen-bond donors (Lipinski definition) is 0. The Kier molecular flexibility index (Phi) is 4.40. The van der Waals surface area contributed by atoms with Crippen LogP contribution in [0.2, 0.25) is 0 Å². The molecule has 2 aliphatic heterocycles. The van der Waals surface area contributed by atoms with Crippen molar-refractivity contribution in [2.24, 2.45) is 5.41 Å². The minimum absolute atomic E-state index is 0.0565. The molecule has 0 unspecified atom stereocenters. The second kappa shape index (κ2) is 6.84. The molecular formula is C18H21N3O4. The third-order valence-electron chi connectivity index (χ3n) is 5.12. The van der Waals surface area contributed by atoms with Crippen LogP contribution in [0.25, 0.3) is 0 Å². The van der Waals surface area contributed by atoms with Crippen molar-refractivity contribution in [1.29, 1.82) is 0 Å². The van der Waals surface area contributed by atoms with Gasteiger partial charge in [-0.3, -0.25) is 9.78 Å². The second-order valence-corrected chi connectivity index (χ2v) is 6.80. The van der Waals surface area contributed by atoms with Crippen LogP contribution in [0.1, 0.15) is 29.8 Å². The Morgan fingerprint density at radius 2 is 2.28 bits per heavy atom. The average molecular weight is 343 g/mol. The first kappa shape index (κ1) is 16.1. The molecule has 0 aromatic carbocycles. The number of hydrogen-bond acceptors (Lipinski definition) is 6. The van der Waals surface area contributed by atoms with Crippen LogP contribution in [0.5, 0.6) is 5.75 Å². The number of ether oxygens (including phenoxy) is 2. The Hall–Kier alpha value is -2.41. The van der Waals surface area contributed by atoms with Crippen LogP contribution in [0.15, 0.2) is 41.6 Å². The molecule has 2 aromatic rings. The van der Waals surface area contributed by atoms with Crippen LogP contribution in [-0.4, -0.2) is 53.2 Å². The predicted octanol–water partition coefficient (Wildman–Crippen LogP) is 2.16. The van der Waals surface area contributed by atoms with Crippen molar-refractivity contribution in [3.63, 3.8) is 0 Å². The van der Waals surface area contributed by atoms with E-state index in [1.54, 1.807) is 12.4 Å². The van der Waals surface area contributed by atoms with Crippen molar-refractivity contribution in [2.45, 2.75) is 25.4 Å². The maximum atomic E-state index is 12.3. The van der Waals surface area contributed by atoms with Crippen molar-refractivity contribution in [1.82, 2.24) is 14.9 Å². The molecule has 2 aromatic heterocycles. The number of pyridine rings is 1. The largest absolute Gasteiger partial charge is 0.489 e. The second-order valence-electron chi connectivity index (χ2n) is 6.80. The van der Waals surface area contributed by atoms with Gasteiger partial charge in [0.05, 0.1) is 18.9 Å². The summed E-state index contributed by atoms with van der Waals surface area (Å²) >= 11 is 0. The molecule has 1 spiro atoms. The quantitative estimate of drug-likeness (QED) is 0.846. The van der Waals surface area contributed by atoms with Gasteiger partial charge in [0.25, 0.3) is 5.91 Å². The molecule has 25 heavy (non-hydrogen) atoms. The number of piperidine rings is 1. The summed E-state index contributed by atoms with van der Waals surface area (Å²) in [6.45, 7) is 2.73. The molecule has 4 rings (SSSR count). The Morgan fingerprint density at radius 1 is 1.40 bits per heavy atom. The summed E-state index contributed by atoms with van der Waals surface area (Å²) < 4.78 is 16.6. The first-order chi connectivity index (χ1) is 12.2. The van der Waals surface area contributed by atoms with Crippen molar-refractivity contribution in [3.8, 4) is 5.75 Å². The van der Waals surface area contributed by atoms with Crippen LogP contribution < -0.4 is 4.74 Å². The van der Waals surface area contributed by atoms with Gasteiger partial charge in [0.1, 0.15) is 18.6 Å². The fraction of sp³-hybridized carbons (Fsp3) is 0.500. The number of likely N-dealkylation sites (tertiary alicyclic amines) is 1. The lowest BCUT2D eigenvalue weighted by Gasteiger charge is -2.38. The number of carbonyl (C=O) groups is 1. The number of aromatic nitrogens is 2. The Labute approximate surface area is 146 Å². The molecule has 4 heterocycles. The lowest BCUT2D eigenvalue weighted by molar-refractivity contribution is 0.0425. The average Bonchev–Trinajstić information content (AvgIpc) is 3.32. The van der Waals surface area contributed by atoms with Gasteiger partial charge in [0.2, 0.25) is 0 Å². The van der Waals surface area contributed by atoms with E-state index in [4.69, 9.17) is 13.9 Å². The molecule has 1 amide bonds. The van der Waals surface area contributed by atoms with Crippen LogP contribution in [0.3, 0.4) is 0 Å². The van der Waals surface area contributed by atoms with Gasteiger partial charge < -0.3 is 18.8 Å². The monoisotopic (exact) mass is 343 g/mol. The Bertz CT molecular complexity index is 696. The summed E-state index contributed by atoms with van der Waals surface area (Å²) in [5.41, 5.74) is 0.533. The molecule has 0 aliphatic carbocycles. The topological polar surface area (TPSA) is 77.7 Å². The molecule has 0 radical (unpaired) electrons. The van der Waals surface area contributed by atoms with Crippen LogP contribution in [-0.2, 0) is 4.74 Å². The molecule has 0 N–H and O–H groups in total. The third-order valence-corrected chi connectivity index (χ3v) is 5.12. The third kappa shape index (κ3) is 3.51. The van der Waals surface area contributed by atoms with E-state index in [9.17, 15) is 4.79 Å². The summed E-state index contributed by atoms with van der Waals surface area (Å²) in [4.78, 5) is 22.2. The SMILES string of the molecule is O=C(c1cocn1)N1CCC2(CC1)CO[C@H](COc1cccnc1)C2. The molecule has 0 bridgehead atoms. The molecule has 132 valence electrons. The van der Waals surface area contributed by atoms with E-state index in [0.717, 1.165) is 44.7 Å². The van der Waals surface area contributed by atoms with Crippen LogP contribution in [0.4, 0.5) is 0 Å². The number of nitrogens with zero attached hydrogens (tertiary/aromatic N) is 3. The molecular weight excluding hydrogens is 322 g/mol. The minimum Gasteiger partial charge on any atom is -0.489 e. The highest BCUT2D eigenvalue weighted by Gasteiger charge is 2.43. The first-order valence-electron chi connectivity index (χ1n) is 8.56. The van der Waals surface area contributed by atoms with Crippen molar-refractivity contribution in [3.05, 3.63) is 42.9 Å². The first-order valence-corrected chi connectivity index (χ1v) is 8.56. The molecule has 7 heteroatoms. The minimum atomic E-state index is -0.0565. The van der Waals surface area contributed by atoms with Crippen molar-refractivity contribution < 1.29 is 18.7 Å². The van der Waals surface area contributed by atoms with E-state index >= 15 is 0 Å². The highest BCUT2D eigenvalue weighted by Crippen LogP contribution is 2.42. The number of amides is 1. The van der Waals surface area contributed by atoms with Gasteiger partial charge in [-0.15, -0.1) is 0 Å². The standard InChI is InChI=1S/C18H21N3O4/c22-17(16-11-23-13-20-16)21-6-3-18(4-7-21)8-15(25-12-18)10-24-14-2-1-5-19-9-14/h1-2,5,9,11,13,15H,3-4,6-8,10,12H2/t15-/m0/s1. The molecule has 7 nitrogen and oxygen atoms in total. The van der Waals surface area contributed by atoms with Gasteiger partial charge in [0, 0.05) is 19.3 Å². The van der Waals surface area contributed by atoms with Crippen LogP contribution >= 0.6 is 0 Å². The van der Waals surface area contributed by atoms with Gasteiger partial charge in [-0.25, -0.2) is 4.98 Å². The van der Waals surface area contributed by atoms with Gasteiger partial charge in [-0.05, 0) is 36.8 Å². The van der Waals surface area contributed by atoms with Crippen molar-refractivity contribution >= 4 is 5.91 Å². The van der Waals surface area contributed by atoms with E-state index in [-0.39, 0.29) is 17.4 Å². The van der Waals surface area contributed by atoms with Gasteiger partial charge in [0.15, 0.2) is 12.1 Å². The maximum Gasteiger partial charge on any atom is 0.275 e. The highest BCUT2D eigenvalue weighted by atomic mass is 16.5. The maximum absolute atomic E-state index is 12.3. The summed E-state index contributed by atoms with van der Waals surface area (Å²) in [6.07, 6.45) is 9.08. The number of carbonyl (C=O) groups excluding carboxylic acids is 1. The number of rotatable bonds is 4. The van der Waals surface area contributed by atoms with E-state index in [0.29, 0.717) is 12.3 Å². The predicted molar refractivity (Wildman–Crippen MR) is 88.2 cm³/mol. The van der Waals surface area contributed by atoms with Gasteiger partial charge in [-0.1, -0.05) is 0 Å². The summed E-state index contributed by atoms with van der Waals surface area (Å²) in [5.74, 6) is 0.707. The highest BCUT2D eigenvalue weighted by molar-refractivity contribution is 5.91. The smallest absolute Gasteiger partial charge is 0.275 e. The summed E-state index contributed by atoms with van der Waals surface area (Å²) in [7, 11) is 0. The Balaban J connectivity index is 1.28. The fourth-order valence-electron chi connectivity index (χ4n) is 3.64. The van der Waals surface area contributed by atoms with Crippen LogP contribution in [0, 0.1) is 5.41 Å². The Morgan fingerprint density at radius 3 is 3.00 bits per heavy atom. The molecule has 0 saturated carbocycles. The molecule has 2 aliphatic rings. The number of oxazole rings is 1. The molecule has 2 fully saturated rings. The van der Waals surface area contributed by atoms with Gasteiger partial charge >= 0.3 is 0 Å². The zero-order valence-electron chi connectivity index (χ0n) is 14.0. The lowest BCUT2D eigenvalue weighted by Crippen LogP contribution is -2.43. The fourth-order valence-corrected chi connectivity index (χ4v) is 3.64. The zero-order valence-corrected chi connectivity index (χ0v) is 14.0. The van der Waals surface area contributed by atoms with E-state index in [2.05, 4.69) is 9.97 Å². The summed E-state index contributed by atoms with van der Waals surface area (Å²) in [6, 6.07) is 3.75. The summed E-state index contributed by atoms with van der Waals surface area (Å²) in [5, 5.41) is 0. The molecule has 2 saturated heterocycles. The lowest BCUT2D eigenvalue weighted by atomic mass is 9.76. The van der Waals surface area contributed by atoms with Gasteiger partial charge in [-0.2, -0.15) is 0 Å². The zero-order chi connectivity index (χ0) is 17.1. The van der Waals surface area contributed by atoms with E-state index in [1.807, 2.05) is 17.0 Å².